The number of methoxy groups -OCH3 is 1. The van der Waals surface area contributed by atoms with Gasteiger partial charge in [0.05, 0.1) is 11.5 Å². The van der Waals surface area contributed by atoms with Crippen molar-refractivity contribution in [3.63, 3.8) is 0 Å². The van der Waals surface area contributed by atoms with Gasteiger partial charge in [0.1, 0.15) is 0 Å². The van der Waals surface area contributed by atoms with Crippen molar-refractivity contribution in [1.29, 1.82) is 0 Å². The molecule has 0 spiro atoms. The van der Waals surface area contributed by atoms with Crippen molar-refractivity contribution < 1.29 is 13.2 Å². The molecule has 2 N–H and O–H groups in total. The Kier molecular flexibility index (Phi) is 7.81. The molecule has 0 radical (unpaired) electrons. The van der Waals surface area contributed by atoms with Gasteiger partial charge in [0.2, 0.25) is 10.0 Å². The highest BCUT2D eigenvalue weighted by Crippen LogP contribution is 2.10. The summed E-state index contributed by atoms with van der Waals surface area (Å²) in [5.41, 5.74) is 2.20. The van der Waals surface area contributed by atoms with Crippen LogP contribution in [-0.4, -0.2) is 35.2 Å². The molecule has 0 unspecified atom stereocenters. The van der Waals surface area contributed by atoms with Crippen LogP contribution < -0.4 is 10.0 Å². The maximum atomic E-state index is 12.1. The van der Waals surface area contributed by atoms with Gasteiger partial charge in [-0.2, -0.15) is 0 Å². The number of ether oxygens (including phenoxy) is 1. The number of hydrogen-bond donors (Lipinski definition) is 2. The average molecular weight is 360 g/mol. The van der Waals surface area contributed by atoms with Crippen LogP contribution in [-0.2, 0) is 21.3 Å². The molecule has 0 fully saturated rings. The number of nitrogens with one attached hydrogen (secondary N) is 2. The van der Waals surface area contributed by atoms with Gasteiger partial charge < -0.3 is 10.1 Å². The van der Waals surface area contributed by atoms with Crippen molar-refractivity contribution in [1.82, 2.24) is 10.0 Å². The highest BCUT2D eigenvalue weighted by Gasteiger charge is 2.12. The maximum absolute atomic E-state index is 12.1. The van der Waals surface area contributed by atoms with Gasteiger partial charge in [0.15, 0.2) is 0 Å². The molecule has 2 rings (SSSR count). The Hall–Kier alpha value is -1.99. The summed E-state index contributed by atoms with van der Waals surface area (Å²) in [5, 5.41) is 3.30. The van der Waals surface area contributed by atoms with Gasteiger partial charge in [0, 0.05) is 26.7 Å². The minimum atomic E-state index is -3.47. The fourth-order valence-corrected chi connectivity index (χ4v) is 3.22. The zero-order chi connectivity index (χ0) is 18.0. The van der Waals surface area contributed by atoms with Gasteiger partial charge in [-0.05, 0) is 23.3 Å². The molecule has 0 aliphatic heterocycles. The molecule has 2 aromatic carbocycles. The topological polar surface area (TPSA) is 67.4 Å². The lowest BCUT2D eigenvalue weighted by Crippen LogP contribution is -2.27. The molecule has 5 nitrogen and oxygen atoms in total. The van der Waals surface area contributed by atoms with Gasteiger partial charge in [-0.3, -0.25) is 0 Å². The summed E-state index contributed by atoms with van der Waals surface area (Å²) >= 11 is 0. The fourth-order valence-electron chi connectivity index (χ4n) is 2.21. The minimum absolute atomic E-state index is 0.260. The Morgan fingerprint density at radius 2 is 1.76 bits per heavy atom. The van der Waals surface area contributed by atoms with E-state index in [0.29, 0.717) is 13.2 Å². The first-order valence-electron chi connectivity index (χ1n) is 8.12. The van der Waals surface area contributed by atoms with E-state index < -0.39 is 10.0 Å². The van der Waals surface area contributed by atoms with Gasteiger partial charge in [-0.25, -0.2) is 13.1 Å². The number of sulfonamides is 1. The summed E-state index contributed by atoms with van der Waals surface area (Å²) in [4.78, 5) is 0.260. The van der Waals surface area contributed by atoms with E-state index in [-0.39, 0.29) is 11.4 Å². The van der Waals surface area contributed by atoms with Crippen LogP contribution in [0.4, 0.5) is 0 Å². The summed E-state index contributed by atoms with van der Waals surface area (Å²) < 4.78 is 31.5. The second-order valence-corrected chi connectivity index (χ2v) is 7.25. The first-order chi connectivity index (χ1) is 12.1. The predicted octanol–water partition coefficient (Wildman–Crippen LogP) is 2.41. The van der Waals surface area contributed by atoms with E-state index in [9.17, 15) is 8.42 Å². The summed E-state index contributed by atoms with van der Waals surface area (Å²) in [6.07, 6.45) is 4.13. The Morgan fingerprint density at radius 3 is 2.44 bits per heavy atom. The number of benzene rings is 2. The summed E-state index contributed by atoms with van der Waals surface area (Å²) in [7, 11) is -1.94. The third-order valence-electron chi connectivity index (χ3n) is 3.53. The zero-order valence-electron chi connectivity index (χ0n) is 14.3. The van der Waals surface area contributed by atoms with Gasteiger partial charge in [0.25, 0.3) is 0 Å². The lowest BCUT2D eigenvalue weighted by Gasteiger charge is -2.07. The first kappa shape index (κ1) is 19.3. The van der Waals surface area contributed by atoms with Crippen molar-refractivity contribution in [2.75, 3.05) is 26.8 Å². The lowest BCUT2D eigenvalue weighted by molar-refractivity contribution is 0.204. The number of hydrogen-bond acceptors (Lipinski definition) is 4. The molecule has 2 aromatic rings. The summed E-state index contributed by atoms with van der Waals surface area (Å²) in [5.74, 6) is 0. The molecule has 0 aromatic heterocycles. The van der Waals surface area contributed by atoms with Crippen LogP contribution >= 0.6 is 0 Å². The van der Waals surface area contributed by atoms with E-state index >= 15 is 0 Å². The van der Waals surface area contributed by atoms with Gasteiger partial charge in [-0.15, -0.1) is 0 Å². The molecule has 0 saturated heterocycles. The summed E-state index contributed by atoms with van der Waals surface area (Å²) in [6, 6.07) is 17.0. The highest BCUT2D eigenvalue weighted by atomic mass is 32.2. The standard InChI is InChI=1S/C19H24N2O3S/c1-24-15-14-21-25(22,23)19-11-9-18(10-12-19)16-20-13-5-8-17-6-3-2-4-7-17/h2-12,20-21H,13-16H2,1H3/b8-5+. The molecular formula is C19H24N2O3S. The molecule has 0 heterocycles. The largest absolute Gasteiger partial charge is 0.383 e. The molecule has 0 amide bonds. The Morgan fingerprint density at radius 1 is 1.04 bits per heavy atom. The van der Waals surface area contributed by atoms with Crippen LogP contribution in [0.25, 0.3) is 6.08 Å². The molecular weight excluding hydrogens is 336 g/mol. The van der Waals surface area contributed by atoms with Crippen LogP contribution in [0, 0.1) is 0 Å². The SMILES string of the molecule is COCCNS(=O)(=O)c1ccc(CNC/C=C/c2ccccc2)cc1. The van der Waals surface area contributed by atoms with Crippen molar-refractivity contribution >= 4 is 16.1 Å². The van der Waals surface area contributed by atoms with Crippen LogP contribution in [0.2, 0.25) is 0 Å². The van der Waals surface area contributed by atoms with Crippen molar-refractivity contribution in [3.05, 3.63) is 71.8 Å². The van der Waals surface area contributed by atoms with Crippen molar-refractivity contribution in [2.45, 2.75) is 11.4 Å². The highest BCUT2D eigenvalue weighted by molar-refractivity contribution is 7.89. The van der Waals surface area contributed by atoms with Gasteiger partial charge >= 0.3 is 0 Å². The molecule has 0 atom stereocenters. The summed E-state index contributed by atoms with van der Waals surface area (Å²) in [6.45, 7) is 2.03. The molecule has 0 aliphatic carbocycles. The van der Waals surface area contributed by atoms with E-state index in [1.165, 1.54) is 12.7 Å². The van der Waals surface area contributed by atoms with Crippen LogP contribution in [0.3, 0.4) is 0 Å². The Labute approximate surface area is 149 Å². The van der Waals surface area contributed by atoms with Crippen LogP contribution in [0.15, 0.2) is 65.6 Å². The number of rotatable bonds is 10. The van der Waals surface area contributed by atoms with Crippen LogP contribution in [0.1, 0.15) is 11.1 Å². The average Bonchev–Trinajstić information content (AvgIpc) is 2.63. The second-order valence-electron chi connectivity index (χ2n) is 5.48. The second kappa shape index (κ2) is 10.1. The zero-order valence-corrected chi connectivity index (χ0v) is 15.1. The molecule has 0 aliphatic rings. The monoisotopic (exact) mass is 360 g/mol. The molecule has 134 valence electrons. The van der Waals surface area contributed by atoms with E-state index in [1.54, 1.807) is 12.1 Å². The molecule has 6 heteroatoms. The Bertz CT molecular complexity index is 757. The third-order valence-corrected chi connectivity index (χ3v) is 5.01. The van der Waals surface area contributed by atoms with Crippen LogP contribution in [0.5, 0.6) is 0 Å². The van der Waals surface area contributed by atoms with Crippen molar-refractivity contribution in [3.8, 4) is 0 Å². The normalized spacial score (nSPS) is 11.9. The maximum Gasteiger partial charge on any atom is 0.240 e. The van der Waals surface area contributed by atoms with E-state index in [1.807, 2.05) is 30.3 Å². The molecule has 0 saturated carbocycles. The molecule has 0 bridgehead atoms. The Balaban J connectivity index is 1.79. The predicted molar refractivity (Wildman–Crippen MR) is 101 cm³/mol. The smallest absolute Gasteiger partial charge is 0.240 e. The first-order valence-corrected chi connectivity index (χ1v) is 9.60. The van der Waals surface area contributed by atoms with Gasteiger partial charge in [-0.1, -0.05) is 54.6 Å². The fraction of sp³-hybridized carbons (Fsp3) is 0.263. The lowest BCUT2D eigenvalue weighted by atomic mass is 10.2. The quantitative estimate of drug-likeness (QED) is 0.639. The van der Waals surface area contributed by atoms with E-state index in [2.05, 4.69) is 34.3 Å². The van der Waals surface area contributed by atoms with E-state index in [0.717, 1.165) is 12.1 Å². The minimum Gasteiger partial charge on any atom is -0.383 e. The van der Waals surface area contributed by atoms with Crippen molar-refractivity contribution in [2.24, 2.45) is 0 Å². The molecule has 25 heavy (non-hydrogen) atoms. The third kappa shape index (κ3) is 6.80. The van der Waals surface area contributed by atoms with E-state index in [4.69, 9.17) is 4.74 Å².